The third-order valence-corrected chi connectivity index (χ3v) is 8.49. The van der Waals surface area contributed by atoms with Gasteiger partial charge in [-0.15, -0.1) is 11.3 Å². The number of nitro groups is 1. The number of hydrogen-bond acceptors (Lipinski definition) is 6. The number of nitrogens with one attached hydrogen (secondary N) is 1. The zero-order valence-corrected chi connectivity index (χ0v) is 22.0. The summed E-state index contributed by atoms with van der Waals surface area (Å²) >= 11 is 8.78. The number of halogens is 1. The number of benzene rings is 3. The monoisotopic (exact) mass is 547 g/mol. The third kappa shape index (κ3) is 5.93. The second-order valence-electron chi connectivity index (χ2n) is 8.51. The molecule has 0 spiro atoms. The first kappa shape index (κ1) is 25.2. The van der Waals surface area contributed by atoms with Crippen molar-refractivity contribution in [3.63, 3.8) is 0 Å². The minimum Gasteiger partial charge on any atom is -0.322 e. The highest BCUT2D eigenvalue weighted by Gasteiger charge is 2.25. The Morgan fingerprint density at radius 1 is 1.05 bits per heavy atom. The second kappa shape index (κ2) is 11.3. The molecule has 4 aromatic rings. The molecule has 0 fully saturated rings. The molecule has 5 rings (SSSR count). The lowest BCUT2D eigenvalue weighted by molar-refractivity contribution is -0.387. The number of hydrogen-bond donors (Lipinski definition) is 1. The molecule has 9 heteroatoms. The van der Waals surface area contributed by atoms with Crippen LogP contribution in [0.15, 0.2) is 87.6 Å². The zero-order chi connectivity index (χ0) is 25.8. The van der Waals surface area contributed by atoms with Crippen molar-refractivity contribution in [3.8, 4) is 0 Å². The van der Waals surface area contributed by atoms with E-state index in [2.05, 4.69) is 10.3 Å². The van der Waals surface area contributed by atoms with Crippen LogP contribution < -0.4 is 5.32 Å². The molecule has 186 valence electrons. The number of para-hydroxylation sites is 1. The summed E-state index contributed by atoms with van der Waals surface area (Å²) in [4.78, 5) is 31.9. The van der Waals surface area contributed by atoms with Crippen molar-refractivity contribution in [1.29, 1.82) is 0 Å². The second-order valence-corrected chi connectivity index (χ2v) is 11.1. The molecule has 1 amide bonds. The molecule has 1 N–H and O–H groups in total. The van der Waals surface area contributed by atoms with Crippen LogP contribution in [0.25, 0.3) is 0 Å². The maximum atomic E-state index is 13.3. The summed E-state index contributed by atoms with van der Waals surface area (Å²) in [6.07, 6.45) is 5.51. The normalized spacial score (nSPS) is 12.9. The van der Waals surface area contributed by atoms with E-state index in [1.54, 1.807) is 30.5 Å². The molecule has 6 nitrogen and oxygen atoms in total. The summed E-state index contributed by atoms with van der Waals surface area (Å²) in [5, 5.41) is 16.0. The van der Waals surface area contributed by atoms with Gasteiger partial charge in [-0.25, -0.2) is 4.99 Å². The predicted octanol–water partition coefficient (Wildman–Crippen LogP) is 8.34. The number of amides is 1. The van der Waals surface area contributed by atoms with Crippen molar-refractivity contribution < 1.29 is 9.72 Å². The van der Waals surface area contributed by atoms with Crippen LogP contribution in [0.3, 0.4) is 0 Å². The summed E-state index contributed by atoms with van der Waals surface area (Å²) in [5.74, 6) is -0.182. The number of nitro benzene ring substituents is 1. The van der Waals surface area contributed by atoms with Crippen LogP contribution in [-0.2, 0) is 12.8 Å². The number of thiophene rings is 1. The number of aryl methyl sites for hydroxylation is 1. The number of carbonyl (C=O) groups is 1. The summed E-state index contributed by atoms with van der Waals surface area (Å²) in [7, 11) is 0. The Morgan fingerprint density at radius 3 is 2.57 bits per heavy atom. The van der Waals surface area contributed by atoms with Gasteiger partial charge < -0.3 is 5.32 Å². The Balaban J connectivity index is 1.44. The standard InChI is InChI=1S/C28H22ClN3O3S2/c29-19-11-13-21(14-12-19)36-25-15-10-18(16-23(25)32(34)35)17-30-28-26(22-8-4-5-9-24(22)37-28)27(33)31-20-6-2-1-3-7-20/h1-3,6-7,10-17H,4-5,8-9H2,(H,31,33). The number of aliphatic imine (C=N–C) groups is 1. The van der Waals surface area contributed by atoms with Gasteiger partial charge in [-0.3, -0.25) is 14.9 Å². The van der Waals surface area contributed by atoms with Crippen LogP contribution in [0.1, 0.15) is 39.2 Å². The molecule has 0 saturated heterocycles. The summed E-state index contributed by atoms with van der Waals surface area (Å²) in [5.41, 5.74) is 2.98. The molecule has 1 aliphatic carbocycles. The minimum absolute atomic E-state index is 0.00332. The fraction of sp³-hybridized carbons (Fsp3) is 0.143. The SMILES string of the molecule is O=C(Nc1ccccc1)c1c(N=Cc2ccc(Sc3ccc(Cl)cc3)c([N+](=O)[O-])c2)sc2c1CCCC2. The Kier molecular flexibility index (Phi) is 7.69. The average molecular weight is 548 g/mol. The van der Waals surface area contributed by atoms with Crippen LogP contribution in [0.2, 0.25) is 5.02 Å². The Labute approximate surface area is 227 Å². The van der Waals surface area contributed by atoms with Crippen LogP contribution in [0, 0.1) is 10.1 Å². The average Bonchev–Trinajstić information content (AvgIpc) is 3.28. The van der Waals surface area contributed by atoms with E-state index in [4.69, 9.17) is 11.6 Å². The topological polar surface area (TPSA) is 84.6 Å². The van der Waals surface area contributed by atoms with E-state index in [-0.39, 0.29) is 11.6 Å². The smallest absolute Gasteiger partial charge is 0.283 e. The molecule has 0 unspecified atom stereocenters. The quantitative estimate of drug-likeness (QED) is 0.143. The van der Waals surface area contributed by atoms with Crippen LogP contribution in [-0.4, -0.2) is 17.0 Å². The first-order valence-electron chi connectivity index (χ1n) is 11.7. The van der Waals surface area contributed by atoms with Crippen LogP contribution in [0.5, 0.6) is 0 Å². The maximum absolute atomic E-state index is 13.3. The van der Waals surface area contributed by atoms with Crippen molar-refractivity contribution in [1.82, 2.24) is 0 Å². The van der Waals surface area contributed by atoms with Gasteiger partial charge in [0.25, 0.3) is 11.6 Å². The van der Waals surface area contributed by atoms with Gasteiger partial charge in [-0.2, -0.15) is 0 Å². The third-order valence-electron chi connectivity index (χ3n) is 5.96. The molecule has 0 atom stereocenters. The van der Waals surface area contributed by atoms with Crippen molar-refractivity contribution in [2.45, 2.75) is 35.5 Å². The number of nitrogens with zero attached hydrogens (tertiary/aromatic N) is 2. The predicted molar refractivity (Wildman–Crippen MR) is 151 cm³/mol. The highest BCUT2D eigenvalue weighted by Crippen LogP contribution is 2.41. The molecule has 0 aliphatic heterocycles. The van der Waals surface area contributed by atoms with Gasteiger partial charge in [0.1, 0.15) is 5.00 Å². The number of anilines is 1. The zero-order valence-electron chi connectivity index (χ0n) is 19.6. The van der Waals surface area contributed by atoms with Gasteiger partial charge in [0.15, 0.2) is 0 Å². The van der Waals surface area contributed by atoms with E-state index in [0.29, 0.717) is 26.0 Å². The van der Waals surface area contributed by atoms with Gasteiger partial charge in [-0.05, 0) is 79.3 Å². The Bertz CT molecular complexity index is 1480. The largest absolute Gasteiger partial charge is 0.322 e. The van der Waals surface area contributed by atoms with E-state index in [0.717, 1.165) is 41.8 Å². The van der Waals surface area contributed by atoms with Crippen molar-refractivity contribution in [2.24, 2.45) is 4.99 Å². The van der Waals surface area contributed by atoms with Crippen LogP contribution >= 0.6 is 34.7 Å². The summed E-state index contributed by atoms with van der Waals surface area (Å²) < 4.78 is 0. The van der Waals surface area contributed by atoms with E-state index >= 15 is 0 Å². The van der Waals surface area contributed by atoms with Gasteiger partial charge in [0.2, 0.25) is 0 Å². The first-order chi connectivity index (χ1) is 18.0. The molecule has 1 aromatic heterocycles. The lowest BCUT2D eigenvalue weighted by atomic mass is 9.95. The molecule has 3 aromatic carbocycles. The van der Waals surface area contributed by atoms with E-state index in [1.807, 2.05) is 42.5 Å². The molecule has 0 bridgehead atoms. The lowest BCUT2D eigenvalue weighted by Crippen LogP contribution is -2.14. The van der Waals surface area contributed by atoms with Gasteiger partial charge in [-0.1, -0.05) is 47.6 Å². The van der Waals surface area contributed by atoms with E-state index < -0.39 is 4.92 Å². The van der Waals surface area contributed by atoms with Gasteiger partial charge >= 0.3 is 0 Å². The molecular weight excluding hydrogens is 526 g/mol. The molecular formula is C28H22ClN3O3S2. The fourth-order valence-corrected chi connectivity index (χ4v) is 6.45. The molecule has 0 saturated carbocycles. The Morgan fingerprint density at radius 2 is 1.81 bits per heavy atom. The molecule has 1 heterocycles. The molecule has 0 radical (unpaired) electrons. The molecule has 37 heavy (non-hydrogen) atoms. The highest BCUT2D eigenvalue weighted by molar-refractivity contribution is 7.99. The minimum atomic E-state index is -0.391. The fourth-order valence-electron chi connectivity index (χ4n) is 4.20. The van der Waals surface area contributed by atoms with Crippen molar-refractivity contribution >= 4 is 63.2 Å². The van der Waals surface area contributed by atoms with E-state index in [1.165, 1.54) is 34.0 Å². The highest BCUT2D eigenvalue weighted by atomic mass is 35.5. The molecule has 1 aliphatic rings. The summed E-state index contributed by atoms with van der Waals surface area (Å²) in [6, 6.07) is 21.5. The first-order valence-corrected chi connectivity index (χ1v) is 13.8. The number of carbonyl (C=O) groups excluding carboxylic acids is 1. The lowest BCUT2D eigenvalue weighted by Gasteiger charge is -2.12. The van der Waals surface area contributed by atoms with Gasteiger partial charge in [0.05, 0.1) is 15.4 Å². The van der Waals surface area contributed by atoms with Crippen molar-refractivity contribution in [2.75, 3.05) is 5.32 Å². The number of rotatable bonds is 7. The van der Waals surface area contributed by atoms with E-state index in [9.17, 15) is 14.9 Å². The Hall–Kier alpha value is -3.46. The van der Waals surface area contributed by atoms with Crippen molar-refractivity contribution in [3.05, 3.63) is 110 Å². The van der Waals surface area contributed by atoms with Crippen LogP contribution in [0.4, 0.5) is 16.4 Å². The van der Waals surface area contributed by atoms with Gasteiger partial charge in [0, 0.05) is 32.8 Å². The maximum Gasteiger partial charge on any atom is 0.283 e. The number of fused-ring (bicyclic) bond motifs is 1. The summed E-state index contributed by atoms with van der Waals surface area (Å²) in [6.45, 7) is 0.